The number of amides is 1. The molecule has 0 fully saturated rings. The number of hydrogen-bond acceptors (Lipinski definition) is 2. The minimum atomic E-state index is -4.45. The Hall–Kier alpha value is -2.76. The number of ether oxygens (including phenoxy) is 1. The lowest BCUT2D eigenvalue weighted by molar-refractivity contribution is -0.137. The zero-order chi connectivity index (χ0) is 16.6. The Bertz CT molecular complexity index is 810. The number of fused-ring (bicyclic) bond motifs is 1. The largest absolute Gasteiger partial charge is 0.496 e. The first kappa shape index (κ1) is 15.1. The Morgan fingerprint density at radius 3 is 2.57 bits per heavy atom. The number of carbonyl (C=O) groups excluding carboxylic acids is 1. The molecule has 1 aliphatic heterocycles. The van der Waals surface area contributed by atoms with Gasteiger partial charge in [-0.15, -0.1) is 0 Å². The Balaban J connectivity index is 2.07. The summed E-state index contributed by atoms with van der Waals surface area (Å²) in [6.45, 7) is 0. The Labute approximate surface area is 130 Å². The lowest BCUT2D eigenvalue weighted by Crippen LogP contribution is -2.06. The van der Waals surface area contributed by atoms with Crippen molar-refractivity contribution < 1.29 is 22.7 Å². The summed E-state index contributed by atoms with van der Waals surface area (Å²) in [4.78, 5) is 12.1. The van der Waals surface area contributed by atoms with Crippen molar-refractivity contribution in [3.05, 3.63) is 59.2 Å². The van der Waals surface area contributed by atoms with Gasteiger partial charge < -0.3 is 10.1 Å². The topological polar surface area (TPSA) is 38.3 Å². The highest BCUT2D eigenvalue weighted by Gasteiger charge is 2.33. The minimum absolute atomic E-state index is 0.158. The third-order valence-corrected chi connectivity index (χ3v) is 3.57. The maximum absolute atomic E-state index is 12.8. The van der Waals surface area contributed by atoms with Crippen LogP contribution < -0.4 is 10.1 Å². The number of rotatable bonds is 2. The van der Waals surface area contributed by atoms with E-state index in [2.05, 4.69) is 5.32 Å². The molecule has 0 saturated heterocycles. The zero-order valence-corrected chi connectivity index (χ0v) is 12.1. The molecule has 3 nitrogen and oxygen atoms in total. The molecule has 0 unspecified atom stereocenters. The van der Waals surface area contributed by atoms with Crippen LogP contribution in [0.25, 0.3) is 11.6 Å². The van der Waals surface area contributed by atoms with E-state index in [1.54, 1.807) is 30.3 Å². The van der Waals surface area contributed by atoms with E-state index >= 15 is 0 Å². The average molecular weight is 319 g/mol. The Morgan fingerprint density at radius 1 is 1.13 bits per heavy atom. The van der Waals surface area contributed by atoms with E-state index in [1.807, 2.05) is 0 Å². The molecule has 23 heavy (non-hydrogen) atoms. The summed E-state index contributed by atoms with van der Waals surface area (Å²) >= 11 is 0. The Kier molecular flexibility index (Phi) is 3.60. The van der Waals surface area contributed by atoms with Gasteiger partial charge in [-0.05, 0) is 24.3 Å². The molecule has 0 bridgehead atoms. The quantitative estimate of drug-likeness (QED) is 0.842. The zero-order valence-electron chi connectivity index (χ0n) is 12.1. The molecular weight excluding hydrogens is 307 g/mol. The molecular formula is C17H12F3NO2. The molecule has 1 amide bonds. The number of halogens is 3. The molecule has 1 aliphatic rings. The molecule has 1 N–H and O–H groups in total. The van der Waals surface area contributed by atoms with Crippen LogP contribution in [0.1, 0.15) is 16.7 Å². The van der Waals surface area contributed by atoms with Gasteiger partial charge in [0.25, 0.3) is 5.91 Å². The van der Waals surface area contributed by atoms with Gasteiger partial charge in [0, 0.05) is 22.4 Å². The first-order valence-corrected chi connectivity index (χ1v) is 6.78. The molecule has 2 aromatic carbocycles. The second-order valence-electron chi connectivity index (χ2n) is 5.01. The van der Waals surface area contributed by atoms with Gasteiger partial charge in [0.15, 0.2) is 0 Å². The number of para-hydroxylation sites is 1. The van der Waals surface area contributed by atoms with Gasteiger partial charge in [-0.3, -0.25) is 4.79 Å². The SMILES string of the molecule is COc1ccccc1/C=C1/C(=O)Nc2cc(C(F)(F)F)ccc21. The maximum Gasteiger partial charge on any atom is 0.416 e. The fraction of sp³-hybridized carbons (Fsp3) is 0.118. The molecule has 6 heteroatoms. The highest BCUT2D eigenvalue weighted by Crippen LogP contribution is 2.38. The van der Waals surface area contributed by atoms with E-state index in [1.165, 1.54) is 13.2 Å². The van der Waals surface area contributed by atoms with Crippen LogP contribution in [-0.4, -0.2) is 13.0 Å². The van der Waals surface area contributed by atoms with Crippen LogP contribution in [0.15, 0.2) is 42.5 Å². The van der Waals surface area contributed by atoms with E-state index in [-0.39, 0.29) is 5.69 Å². The predicted octanol–water partition coefficient (Wildman–Crippen LogP) is 4.21. The van der Waals surface area contributed by atoms with Gasteiger partial charge in [-0.25, -0.2) is 0 Å². The predicted molar refractivity (Wildman–Crippen MR) is 80.9 cm³/mol. The summed E-state index contributed by atoms with van der Waals surface area (Å²) in [7, 11) is 1.51. The number of alkyl halides is 3. The van der Waals surface area contributed by atoms with Crippen LogP contribution in [0.5, 0.6) is 5.75 Å². The van der Waals surface area contributed by atoms with Crippen LogP contribution in [0, 0.1) is 0 Å². The maximum atomic E-state index is 12.8. The summed E-state index contributed by atoms with van der Waals surface area (Å²) in [5.41, 5.74) is 0.779. The van der Waals surface area contributed by atoms with Crippen LogP contribution in [0.2, 0.25) is 0 Å². The van der Waals surface area contributed by atoms with Crippen molar-refractivity contribution in [2.24, 2.45) is 0 Å². The first-order chi connectivity index (χ1) is 10.9. The molecule has 118 valence electrons. The molecule has 0 aromatic heterocycles. The third-order valence-electron chi connectivity index (χ3n) is 3.57. The summed E-state index contributed by atoms with van der Waals surface area (Å²) in [6, 6.07) is 10.3. The summed E-state index contributed by atoms with van der Waals surface area (Å²) < 4.78 is 43.5. The molecule has 0 spiro atoms. The molecule has 0 atom stereocenters. The second-order valence-corrected chi connectivity index (χ2v) is 5.01. The lowest BCUT2D eigenvalue weighted by Gasteiger charge is -2.08. The van der Waals surface area contributed by atoms with Crippen molar-refractivity contribution >= 4 is 23.2 Å². The van der Waals surface area contributed by atoms with E-state index in [9.17, 15) is 18.0 Å². The number of methoxy groups -OCH3 is 1. The van der Waals surface area contributed by atoms with Gasteiger partial charge in [0.2, 0.25) is 0 Å². The third kappa shape index (κ3) is 2.79. The fourth-order valence-electron chi connectivity index (χ4n) is 2.46. The van der Waals surface area contributed by atoms with Crippen molar-refractivity contribution in [1.29, 1.82) is 0 Å². The van der Waals surface area contributed by atoms with Crippen LogP contribution in [-0.2, 0) is 11.0 Å². The van der Waals surface area contributed by atoms with Crippen LogP contribution >= 0.6 is 0 Å². The number of carbonyl (C=O) groups is 1. The molecule has 0 aliphatic carbocycles. The van der Waals surface area contributed by atoms with Crippen molar-refractivity contribution in [3.63, 3.8) is 0 Å². The van der Waals surface area contributed by atoms with Gasteiger partial charge in [-0.1, -0.05) is 24.3 Å². The van der Waals surface area contributed by atoms with Crippen molar-refractivity contribution in [2.75, 3.05) is 12.4 Å². The van der Waals surface area contributed by atoms with Crippen LogP contribution in [0.4, 0.5) is 18.9 Å². The number of hydrogen-bond donors (Lipinski definition) is 1. The number of benzene rings is 2. The molecule has 1 heterocycles. The van der Waals surface area contributed by atoms with Crippen molar-refractivity contribution in [3.8, 4) is 5.75 Å². The lowest BCUT2D eigenvalue weighted by atomic mass is 10.0. The standard InChI is InChI=1S/C17H12F3NO2/c1-23-15-5-3-2-4-10(15)8-13-12-7-6-11(17(18,19)20)9-14(12)21-16(13)22/h2-9H,1H3,(H,21,22)/b13-8+. The summed E-state index contributed by atoms with van der Waals surface area (Å²) in [5.74, 6) is 0.137. The second kappa shape index (κ2) is 5.46. The highest BCUT2D eigenvalue weighted by atomic mass is 19.4. The molecule has 0 saturated carbocycles. The summed E-state index contributed by atoms with van der Waals surface area (Å²) in [5, 5.41) is 2.47. The van der Waals surface area contributed by atoms with Crippen molar-refractivity contribution in [2.45, 2.75) is 6.18 Å². The van der Waals surface area contributed by atoms with Gasteiger partial charge in [0.05, 0.1) is 12.7 Å². The van der Waals surface area contributed by atoms with E-state index < -0.39 is 17.6 Å². The van der Waals surface area contributed by atoms with Gasteiger partial charge in [-0.2, -0.15) is 13.2 Å². The van der Waals surface area contributed by atoms with E-state index in [0.29, 0.717) is 22.4 Å². The first-order valence-electron chi connectivity index (χ1n) is 6.78. The number of nitrogens with one attached hydrogen (secondary N) is 1. The van der Waals surface area contributed by atoms with Gasteiger partial charge in [0.1, 0.15) is 5.75 Å². The van der Waals surface area contributed by atoms with Crippen molar-refractivity contribution in [1.82, 2.24) is 0 Å². The number of anilines is 1. The average Bonchev–Trinajstić information content (AvgIpc) is 2.82. The molecule has 0 radical (unpaired) electrons. The normalized spacial score (nSPS) is 15.5. The minimum Gasteiger partial charge on any atom is -0.496 e. The Morgan fingerprint density at radius 2 is 1.87 bits per heavy atom. The summed E-state index contributed by atoms with van der Waals surface area (Å²) in [6.07, 6.45) is -2.85. The van der Waals surface area contributed by atoms with Gasteiger partial charge >= 0.3 is 6.18 Å². The highest BCUT2D eigenvalue weighted by molar-refractivity contribution is 6.35. The van der Waals surface area contributed by atoms with Crippen LogP contribution in [0.3, 0.4) is 0 Å². The molecule has 3 rings (SSSR count). The smallest absolute Gasteiger partial charge is 0.416 e. The fourth-order valence-corrected chi connectivity index (χ4v) is 2.46. The van der Waals surface area contributed by atoms with E-state index in [0.717, 1.165) is 12.1 Å². The molecule has 2 aromatic rings. The van der Waals surface area contributed by atoms with E-state index in [4.69, 9.17) is 4.74 Å². The monoisotopic (exact) mass is 319 g/mol.